The third-order valence-electron chi connectivity index (χ3n) is 6.13. The van der Waals surface area contributed by atoms with Crippen molar-refractivity contribution in [2.24, 2.45) is 0 Å². The van der Waals surface area contributed by atoms with Gasteiger partial charge in [-0.25, -0.2) is 0 Å². The normalized spacial score (nSPS) is 17.6. The monoisotopic (exact) mass is 489 g/mol. The number of amides is 1. The third-order valence-corrected chi connectivity index (χ3v) is 6.13. The Morgan fingerprint density at radius 1 is 0.806 bits per heavy atom. The van der Waals surface area contributed by atoms with Crippen LogP contribution in [0.25, 0.3) is 16.5 Å². The minimum Gasteiger partial charge on any atom is -0.508 e. The van der Waals surface area contributed by atoms with Crippen LogP contribution in [0.2, 0.25) is 0 Å². The molecule has 0 bridgehead atoms. The molecule has 1 heterocycles. The Morgan fingerprint density at radius 2 is 1.50 bits per heavy atom. The van der Waals surface area contributed by atoms with Crippen molar-refractivity contribution in [2.75, 3.05) is 4.90 Å². The second kappa shape index (κ2) is 8.57. The maximum Gasteiger partial charge on any atom is 0.416 e. The SMILES string of the molecule is O=C1C(=O)N(c2cccc(C(F)(F)F)c2)C(c2ccc(O)cc2)/C1=C(/O)c1ccc2ccccc2c1. The molecular weight excluding hydrogens is 471 g/mol. The maximum absolute atomic E-state index is 13.4. The van der Waals surface area contributed by atoms with Crippen molar-refractivity contribution < 1.29 is 33.0 Å². The van der Waals surface area contributed by atoms with Crippen LogP contribution in [0, 0.1) is 0 Å². The first-order valence-corrected chi connectivity index (χ1v) is 10.9. The Balaban J connectivity index is 1.72. The van der Waals surface area contributed by atoms with Gasteiger partial charge in [-0.2, -0.15) is 13.2 Å². The summed E-state index contributed by atoms with van der Waals surface area (Å²) in [5.41, 5.74) is -0.798. The van der Waals surface area contributed by atoms with E-state index in [0.29, 0.717) is 5.56 Å². The summed E-state index contributed by atoms with van der Waals surface area (Å²) in [4.78, 5) is 27.3. The number of aliphatic hydroxyl groups is 1. The summed E-state index contributed by atoms with van der Waals surface area (Å²) in [5.74, 6) is -2.64. The summed E-state index contributed by atoms with van der Waals surface area (Å²) in [7, 11) is 0. The molecule has 0 spiro atoms. The highest BCUT2D eigenvalue weighted by Crippen LogP contribution is 2.43. The zero-order valence-corrected chi connectivity index (χ0v) is 18.5. The first-order chi connectivity index (χ1) is 17.1. The fraction of sp³-hybridized carbons (Fsp3) is 0.0714. The number of ketones is 1. The van der Waals surface area contributed by atoms with Gasteiger partial charge in [-0.15, -0.1) is 0 Å². The number of aliphatic hydroxyl groups excluding tert-OH is 1. The number of halogens is 3. The molecule has 4 aromatic rings. The number of hydrogen-bond acceptors (Lipinski definition) is 4. The van der Waals surface area contributed by atoms with E-state index >= 15 is 0 Å². The summed E-state index contributed by atoms with van der Waals surface area (Å²) in [6.45, 7) is 0. The molecule has 0 radical (unpaired) electrons. The molecular formula is C28H18F3NO4. The average Bonchev–Trinajstić information content (AvgIpc) is 3.13. The molecule has 5 rings (SSSR count). The molecule has 180 valence electrons. The molecule has 1 aliphatic rings. The minimum absolute atomic E-state index is 0.0794. The number of carbonyl (C=O) groups is 2. The number of rotatable bonds is 3. The number of phenols is 1. The summed E-state index contributed by atoms with van der Waals surface area (Å²) in [5, 5.41) is 22.7. The second-order valence-electron chi connectivity index (χ2n) is 8.37. The van der Waals surface area contributed by atoms with Crippen molar-refractivity contribution in [2.45, 2.75) is 12.2 Å². The van der Waals surface area contributed by atoms with Gasteiger partial charge >= 0.3 is 6.18 Å². The number of aromatic hydroxyl groups is 1. The van der Waals surface area contributed by atoms with Crippen LogP contribution in [0.1, 0.15) is 22.7 Å². The fourth-order valence-corrected chi connectivity index (χ4v) is 4.40. The lowest BCUT2D eigenvalue weighted by Crippen LogP contribution is -2.29. The molecule has 1 aliphatic heterocycles. The molecule has 2 N–H and O–H groups in total. The lowest BCUT2D eigenvalue weighted by atomic mass is 9.94. The van der Waals surface area contributed by atoms with Gasteiger partial charge in [0.05, 0.1) is 17.2 Å². The molecule has 0 aliphatic carbocycles. The second-order valence-corrected chi connectivity index (χ2v) is 8.37. The molecule has 0 saturated carbocycles. The van der Waals surface area contributed by atoms with Gasteiger partial charge < -0.3 is 10.2 Å². The van der Waals surface area contributed by atoms with Gasteiger partial charge in [0.1, 0.15) is 11.5 Å². The van der Waals surface area contributed by atoms with Gasteiger partial charge in [0.15, 0.2) is 0 Å². The molecule has 1 saturated heterocycles. The zero-order valence-electron chi connectivity index (χ0n) is 18.5. The van der Waals surface area contributed by atoms with E-state index in [-0.39, 0.29) is 22.6 Å². The molecule has 1 fully saturated rings. The van der Waals surface area contributed by atoms with Crippen LogP contribution in [0.15, 0.2) is 96.6 Å². The lowest BCUT2D eigenvalue weighted by Gasteiger charge is -2.26. The van der Waals surface area contributed by atoms with Crippen LogP contribution in [0.4, 0.5) is 18.9 Å². The van der Waals surface area contributed by atoms with Crippen molar-refractivity contribution >= 4 is 33.9 Å². The highest BCUT2D eigenvalue weighted by Gasteiger charge is 2.47. The number of fused-ring (bicyclic) bond motifs is 1. The van der Waals surface area contributed by atoms with Crippen LogP contribution in [0.3, 0.4) is 0 Å². The van der Waals surface area contributed by atoms with E-state index in [9.17, 15) is 33.0 Å². The zero-order chi connectivity index (χ0) is 25.6. The van der Waals surface area contributed by atoms with Crippen LogP contribution < -0.4 is 4.90 Å². The molecule has 8 heteroatoms. The number of carbonyl (C=O) groups excluding carboxylic acids is 2. The third kappa shape index (κ3) is 3.96. The van der Waals surface area contributed by atoms with Gasteiger partial charge in [0.25, 0.3) is 11.7 Å². The first-order valence-electron chi connectivity index (χ1n) is 10.9. The number of alkyl halides is 3. The quantitative estimate of drug-likeness (QED) is 0.204. The van der Waals surface area contributed by atoms with E-state index in [2.05, 4.69) is 0 Å². The maximum atomic E-state index is 13.4. The smallest absolute Gasteiger partial charge is 0.416 e. The van der Waals surface area contributed by atoms with Crippen molar-refractivity contribution in [1.29, 1.82) is 0 Å². The predicted molar refractivity (Wildman–Crippen MR) is 128 cm³/mol. The molecule has 0 aromatic heterocycles. The van der Waals surface area contributed by atoms with E-state index < -0.39 is 35.2 Å². The Labute approximate surface area is 203 Å². The summed E-state index contributed by atoms with van der Waals surface area (Å²) in [6.07, 6.45) is -4.66. The van der Waals surface area contributed by atoms with Gasteiger partial charge in [0.2, 0.25) is 0 Å². The van der Waals surface area contributed by atoms with E-state index in [1.807, 2.05) is 24.3 Å². The summed E-state index contributed by atoms with van der Waals surface area (Å²) >= 11 is 0. The number of Topliss-reactive ketones (excluding diaryl/α,β-unsaturated/α-hetero) is 1. The topological polar surface area (TPSA) is 77.8 Å². The van der Waals surface area contributed by atoms with Crippen LogP contribution in [-0.2, 0) is 15.8 Å². The standard InChI is InChI=1S/C28H18F3NO4/c29-28(30,31)20-6-3-7-21(15-20)32-24(17-10-12-22(33)13-11-17)23(26(35)27(32)36)25(34)19-9-8-16-4-1-2-5-18(16)14-19/h1-15,24,33-34H/b25-23-. The molecule has 1 unspecified atom stereocenters. The highest BCUT2D eigenvalue weighted by atomic mass is 19.4. The Morgan fingerprint density at radius 3 is 2.19 bits per heavy atom. The minimum atomic E-state index is -4.66. The van der Waals surface area contributed by atoms with Gasteiger partial charge in [0, 0.05) is 11.3 Å². The van der Waals surface area contributed by atoms with E-state index in [0.717, 1.165) is 33.9 Å². The molecule has 1 amide bonds. The summed E-state index contributed by atoms with van der Waals surface area (Å²) in [6, 6.07) is 20.8. The first kappa shape index (κ1) is 23.2. The number of nitrogens with zero attached hydrogens (tertiary/aromatic N) is 1. The van der Waals surface area contributed by atoms with Crippen molar-refractivity contribution in [3.63, 3.8) is 0 Å². The van der Waals surface area contributed by atoms with Crippen molar-refractivity contribution in [3.8, 4) is 5.75 Å². The summed E-state index contributed by atoms with van der Waals surface area (Å²) < 4.78 is 40.2. The number of anilines is 1. The van der Waals surface area contributed by atoms with E-state index in [1.54, 1.807) is 18.2 Å². The molecule has 36 heavy (non-hydrogen) atoms. The highest BCUT2D eigenvalue weighted by molar-refractivity contribution is 6.51. The largest absolute Gasteiger partial charge is 0.508 e. The lowest BCUT2D eigenvalue weighted by molar-refractivity contribution is -0.137. The van der Waals surface area contributed by atoms with Crippen LogP contribution in [-0.4, -0.2) is 21.9 Å². The molecule has 1 atom stereocenters. The molecule has 5 nitrogen and oxygen atoms in total. The van der Waals surface area contributed by atoms with E-state index in [4.69, 9.17) is 0 Å². The number of hydrogen-bond donors (Lipinski definition) is 2. The number of phenolic OH excluding ortho intramolecular Hbond substituents is 1. The van der Waals surface area contributed by atoms with E-state index in [1.165, 1.54) is 30.3 Å². The van der Waals surface area contributed by atoms with Crippen LogP contribution in [0.5, 0.6) is 5.75 Å². The Bertz CT molecular complexity index is 1540. The predicted octanol–water partition coefficient (Wildman–Crippen LogP) is 6.19. The average molecular weight is 489 g/mol. The van der Waals surface area contributed by atoms with Crippen molar-refractivity contribution in [3.05, 3.63) is 113 Å². The van der Waals surface area contributed by atoms with Gasteiger partial charge in [-0.05, 0) is 52.7 Å². The Hall–Kier alpha value is -4.59. The Kier molecular flexibility index (Phi) is 5.51. The molecule has 4 aromatic carbocycles. The van der Waals surface area contributed by atoms with Crippen molar-refractivity contribution in [1.82, 2.24) is 0 Å². The van der Waals surface area contributed by atoms with Crippen LogP contribution >= 0.6 is 0 Å². The number of benzene rings is 4. The fourth-order valence-electron chi connectivity index (χ4n) is 4.40. The van der Waals surface area contributed by atoms with Gasteiger partial charge in [-0.3, -0.25) is 14.5 Å². The van der Waals surface area contributed by atoms with Gasteiger partial charge in [-0.1, -0.05) is 54.6 Å².